The van der Waals surface area contributed by atoms with Gasteiger partial charge in [-0.25, -0.2) is 4.98 Å². The van der Waals surface area contributed by atoms with Gasteiger partial charge in [-0.1, -0.05) is 30.3 Å². The van der Waals surface area contributed by atoms with E-state index in [1.165, 1.54) is 26.6 Å². The van der Waals surface area contributed by atoms with Crippen LogP contribution >= 0.6 is 0 Å². The molecule has 176 valence electrons. The standard InChI is InChI=1S/C24H34N8O/c1-28-21(25)20(23(27)33)22(26)31-12-8-18(9-13-31)24-29-19(17-6-3-2-4-7-17)16-32(24)15-14-30-10-5-11-30/h2-4,6-7,16,18H,5,8-15,26H2,1H3,(H2,25,28)(H2,27,33). The lowest BCUT2D eigenvalue weighted by molar-refractivity contribution is -0.114. The molecule has 2 aromatic rings. The van der Waals surface area contributed by atoms with Gasteiger partial charge in [0.25, 0.3) is 5.91 Å². The highest BCUT2D eigenvalue weighted by atomic mass is 16.1. The summed E-state index contributed by atoms with van der Waals surface area (Å²) < 4.78 is 2.33. The molecule has 0 aliphatic carbocycles. The number of hydrogen-bond donors (Lipinski definition) is 3. The van der Waals surface area contributed by atoms with Crippen LogP contribution in [0.3, 0.4) is 0 Å². The van der Waals surface area contributed by atoms with Crippen molar-refractivity contribution < 1.29 is 4.79 Å². The Bertz CT molecular complexity index is 1030. The van der Waals surface area contributed by atoms with E-state index in [9.17, 15) is 4.79 Å². The summed E-state index contributed by atoms with van der Waals surface area (Å²) in [5, 5.41) is 0. The van der Waals surface area contributed by atoms with Gasteiger partial charge in [-0.15, -0.1) is 0 Å². The molecule has 2 saturated heterocycles. The first-order valence-electron chi connectivity index (χ1n) is 11.6. The molecule has 2 aliphatic heterocycles. The Morgan fingerprint density at radius 3 is 2.33 bits per heavy atom. The van der Waals surface area contributed by atoms with Gasteiger partial charge >= 0.3 is 0 Å². The van der Waals surface area contributed by atoms with E-state index in [2.05, 4.69) is 32.8 Å². The van der Waals surface area contributed by atoms with E-state index < -0.39 is 5.91 Å². The number of carbonyl (C=O) groups excluding carboxylic acids is 1. The van der Waals surface area contributed by atoms with Gasteiger partial charge in [0.2, 0.25) is 0 Å². The van der Waals surface area contributed by atoms with Crippen molar-refractivity contribution >= 4 is 11.7 Å². The molecular formula is C24H34N8O. The molecule has 3 heterocycles. The Kier molecular flexibility index (Phi) is 6.98. The molecular weight excluding hydrogens is 416 g/mol. The van der Waals surface area contributed by atoms with E-state index in [4.69, 9.17) is 22.2 Å². The average Bonchev–Trinajstić information content (AvgIpc) is 3.22. The van der Waals surface area contributed by atoms with Gasteiger partial charge in [0.15, 0.2) is 0 Å². The minimum atomic E-state index is -0.660. The van der Waals surface area contributed by atoms with E-state index >= 15 is 0 Å². The molecule has 1 aromatic heterocycles. The first-order chi connectivity index (χ1) is 16.0. The third kappa shape index (κ3) is 5.03. The van der Waals surface area contributed by atoms with Crippen LogP contribution < -0.4 is 17.2 Å². The topological polar surface area (TPSA) is 132 Å². The smallest absolute Gasteiger partial charge is 0.256 e. The number of benzene rings is 1. The minimum absolute atomic E-state index is 0.0659. The molecule has 1 aromatic carbocycles. The summed E-state index contributed by atoms with van der Waals surface area (Å²) in [7, 11) is 1.52. The number of primary amides is 1. The zero-order valence-electron chi connectivity index (χ0n) is 19.3. The summed E-state index contributed by atoms with van der Waals surface area (Å²) in [4.78, 5) is 25.3. The Morgan fingerprint density at radius 2 is 1.76 bits per heavy atom. The van der Waals surface area contributed by atoms with Crippen LogP contribution in [-0.2, 0) is 11.3 Å². The van der Waals surface area contributed by atoms with Crippen LogP contribution in [0.15, 0.2) is 52.9 Å². The van der Waals surface area contributed by atoms with Crippen molar-refractivity contribution in [1.82, 2.24) is 19.4 Å². The summed E-state index contributed by atoms with van der Waals surface area (Å²) >= 11 is 0. The molecule has 1 amide bonds. The number of carbonyl (C=O) groups is 1. The average molecular weight is 451 g/mol. The second-order valence-electron chi connectivity index (χ2n) is 8.73. The van der Waals surface area contributed by atoms with Crippen molar-refractivity contribution in [3.05, 3.63) is 53.7 Å². The monoisotopic (exact) mass is 450 g/mol. The van der Waals surface area contributed by atoms with Gasteiger partial charge in [0, 0.05) is 50.9 Å². The predicted molar refractivity (Wildman–Crippen MR) is 130 cm³/mol. The van der Waals surface area contributed by atoms with Gasteiger partial charge in [-0.2, -0.15) is 0 Å². The Labute approximate surface area is 194 Å². The van der Waals surface area contributed by atoms with Crippen LogP contribution in [0.4, 0.5) is 0 Å². The highest BCUT2D eigenvalue weighted by molar-refractivity contribution is 6.20. The SMILES string of the molecule is CN=C(N)C(C(N)=O)=C(N)N1CCC(c2nc(-c3ccccc3)cn2CCN2CCC2)CC1. The second-order valence-corrected chi connectivity index (χ2v) is 8.73. The van der Waals surface area contributed by atoms with E-state index in [-0.39, 0.29) is 11.4 Å². The molecule has 2 aliphatic rings. The van der Waals surface area contributed by atoms with Crippen molar-refractivity contribution in [3.8, 4) is 11.3 Å². The Hall–Kier alpha value is -3.33. The van der Waals surface area contributed by atoms with Crippen molar-refractivity contribution in [2.45, 2.75) is 31.7 Å². The number of amides is 1. The van der Waals surface area contributed by atoms with E-state index in [0.717, 1.165) is 43.0 Å². The number of piperidine rings is 1. The summed E-state index contributed by atoms with van der Waals surface area (Å²) in [5.41, 5.74) is 19.9. The third-order valence-corrected chi connectivity index (χ3v) is 6.68. The normalized spacial score (nSPS) is 18.7. The molecule has 0 radical (unpaired) electrons. The van der Waals surface area contributed by atoms with Crippen LogP contribution in [0, 0.1) is 0 Å². The summed E-state index contributed by atoms with van der Waals surface area (Å²) in [6.45, 7) is 5.75. The number of imidazole rings is 1. The van der Waals surface area contributed by atoms with Crippen molar-refractivity contribution in [1.29, 1.82) is 0 Å². The number of aromatic nitrogens is 2. The second kappa shape index (κ2) is 10.1. The zero-order valence-corrected chi connectivity index (χ0v) is 19.3. The molecule has 0 atom stereocenters. The Balaban J connectivity index is 1.53. The molecule has 0 spiro atoms. The lowest BCUT2D eigenvalue weighted by Crippen LogP contribution is -2.41. The number of hydrogen-bond acceptors (Lipinski definition) is 6. The van der Waals surface area contributed by atoms with Gasteiger partial charge in [-0.05, 0) is 32.4 Å². The van der Waals surface area contributed by atoms with Crippen LogP contribution in [0.25, 0.3) is 11.3 Å². The molecule has 6 N–H and O–H groups in total. The van der Waals surface area contributed by atoms with Crippen molar-refractivity contribution in [3.63, 3.8) is 0 Å². The molecule has 2 fully saturated rings. The largest absolute Gasteiger partial charge is 0.385 e. The van der Waals surface area contributed by atoms with Gasteiger partial charge in [-0.3, -0.25) is 9.79 Å². The zero-order chi connectivity index (χ0) is 23.4. The van der Waals surface area contributed by atoms with E-state index in [0.29, 0.717) is 24.8 Å². The van der Waals surface area contributed by atoms with Crippen LogP contribution in [0.1, 0.15) is 31.0 Å². The van der Waals surface area contributed by atoms with Gasteiger partial charge < -0.3 is 31.6 Å². The molecule has 0 unspecified atom stereocenters. The van der Waals surface area contributed by atoms with Crippen LogP contribution in [0.2, 0.25) is 0 Å². The van der Waals surface area contributed by atoms with Gasteiger partial charge in [0.05, 0.1) is 5.69 Å². The first kappa shape index (κ1) is 22.8. The Morgan fingerprint density at radius 1 is 1.06 bits per heavy atom. The number of rotatable bonds is 8. The lowest BCUT2D eigenvalue weighted by atomic mass is 9.95. The number of nitrogens with zero attached hydrogens (tertiary/aromatic N) is 5. The molecule has 33 heavy (non-hydrogen) atoms. The minimum Gasteiger partial charge on any atom is -0.385 e. The fourth-order valence-corrected chi connectivity index (χ4v) is 4.57. The van der Waals surface area contributed by atoms with Crippen molar-refractivity contribution in [2.75, 3.05) is 39.8 Å². The van der Waals surface area contributed by atoms with E-state index in [1.54, 1.807) is 0 Å². The highest BCUT2D eigenvalue weighted by Gasteiger charge is 2.28. The quantitative estimate of drug-likeness (QED) is 0.313. The van der Waals surface area contributed by atoms with Crippen LogP contribution in [0.5, 0.6) is 0 Å². The molecule has 4 rings (SSSR count). The third-order valence-electron chi connectivity index (χ3n) is 6.68. The lowest BCUT2D eigenvalue weighted by Gasteiger charge is -2.34. The fraction of sp³-hybridized carbons (Fsp3) is 0.458. The maximum Gasteiger partial charge on any atom is 0.256 e. The molecule has 9 nitrogen and oxygen atoms in total. The number of amidine groups is 1. The summed E-state index contributed by atoms with van der Waals surface area (Å²) in [6.07, 6.45) is 5.24. The maximum atomic E-state index is 11.9. The molecule has 9 heteroatoms. The van der Waals surface area contributed by atoms with Crippen LogP contribution in [-0.4, -0.2) is 70.9 Å². The predicted octanol–water partition coefficient (Wildman–Crippen LogP) is 1.08. The number of nitrogens with two attached hydrogens (primary N) is 3. The first-order valence-corrected chi connectivity index (χ1v) is 11.6. The van der Waals surface area contributed by atoms with Crippen molar-refractivity contribution in [2.24, 2.45) is 22.2 Å². The fourth-order valence-electron chi connectivity index (χ4n) is 4.57. The van der Waals surface area contributed by atoms with E-state index in [1.807, 2.05) is 23.1 Å². The van der Waals surface area contributed by atoms with Gasteiger partial charge in [0.1, 0.15) is 23.1 Å². The highest BCUT2D eigenvalue weighted by Crippen LogP contribution is 2.31. The number of likely N-dealkylation sites (tertiary alicyclic amines) is 2. The molecule has 0 bridgehead atoms. The maximum absolute atomic E-state index is 11.9. The molecule has 0 saturated carbocycles. The summed E-state index contributed by atoms with van der Waals surface area (Å²) in [6, 6.07) is 10.3. The number of aliphatic imine (C=N–C) groups is 1. The summed E-state index contributed by atoms with van der Waals surface area (Å²) in [5.74, 6) is 1.15.